The van der Waals surface area contributed by atoms with E-state index < -0.39 is 6.04 Å². The lowest BCUT2D eigenvalue weighted by molar-refractivity contribution is -0.120. The summed E-state index contributed by atoms with van der Waals surface area (Å²) < 4.78 is 0. The van der Waals surface area contributed by atoms with Gasteiger partial charge in [0.05, 0.1) is 6.04 Å². The zero-order chi connectivity index (χ0) is 8.85. The van der Waals surface area contributed by atoms with E-state index in [1.807, 2.05) is 13.8 Å². The van der Waals surface area contributed by atoms with Gasteiger partial charge in [-0.1, -0.05) is 13.8 Å². The van der Waals surface area contributed by atoms with Crippen molar-refractivity contribution in [3.05, 3.63) is 0 Å². The summed E-state index contributed by atoms with van der Waals surface area (Å²) in [5.74, 6) is 2.81. The molecule has 0 heterocycles. The lowest BCUT2D eigenvalue weighted by atomic mass is 10.0. The van der Waals surface area contributed by atoms with Gasteiger partial charge in [0.1, 0.15) is 0 Å². The third-order valence-electron chi connectivity index (χ3n) is 1.36. The van der Waals surface area contributed by atoms with Crippen LogP contribution in [0.15, 0.2) is 0 Å². The van der Waals surface area contributed by atoms with E-state index in [-0.39, 0.29) is 5.78 Å². The molecule has 0 bridgehead atoms. The number of Topliss-reactive ketones (excluding diaryl/α,β-unsaturated/α-hetero) is 1. The fourth-order valence-electron chi connectivity index (χ4n) is 0.795. The highest BCUT2D eigenvalue weighted by Gasteiger charge is 2.12. The molecule has 0 aliphatic heterocycles. The van der Waals surface area contributed by atoms with Crippen molar-refractivity contribution in [1.82, 2.24) is 0 Å². The zero-order valence-electron chi connectivity index (χ0n) is 7.13. The van der Waals surface area contributed by atoms with Crippen molar-refractivity contribution in [1.29, 1.82) is 0 Å². The summed E-state index contributed by atoms with van der Waals surface area (Å²) >= 11 is 0. The average molecular weight is 153 g/mol. The van der Waals surface area contributed by atoms with Crippen LogP contribution < -0.4 is 5.73 Å². The average Bonchev–Trinajstić information content (AvgIpc) is 1.86. The van der Waals surface area contributed by atoms with Crippen molar-refractivity contribution in [2.24, 2.45) is 11.7 Å². The smallest absolute Gasteiger partial charge is 0.150 e. The molecule has 0 rings (SSSR count). The molecule has 2 nitrogen and oxygen atoms in total. The van der Waals surface area contributed by atoms with E-state index in [4.69, 9.17) is 12.2 Å². The van der Waals surface area contributed by atoms with E-state index in [0.717, 1.165) is 0 Å². The molecule has 0 spiro atoms. The Morgan fingerprint density at radius 1 is 1.64 bits per heavy atom. The van der Waals surface area contributed by atoms with E-state index in [9.17, 15) is 4.79 Å². The number of terminal acetylenes is 1. The minimum Gasteiger partial charge on any atom is -0.321 e. The molecule has 1 atom stereocenters. The molecule has 62 valence electrons. The highest BCUT2D eigenvalue weighted by molar-refractivity contribution is 5.84. The summed E-state index contributed by atoms with van der Waals surface area (Å²) in [5.41, 5.74) is 5.48. The fourth-order valence-corrected chi connectivity index (χ4v) is 0.795. The summed E-state index contributed by atoms with van der Waals surface area (Å²) in [5, 5.41) is 0. The molecular weight excluding hydrogens is 138 g/mol. The van der Waals surface area contributed by atoms with Gasteiger partial charge in [-0.2, -0.15) is 0 Å². The highest BCUT2D eigenvalue weighted by atomic mass is 16.1. The van der Waals surface area contributed by atoms with Crippen LogP contribution in [0.25, 0.3) is 0 Å². The third kappa shape index (κ3) is 4.58. The van der Waals surface area contributed by atoms with Crippen LogP contribution in [-0.4, -0.2) is 11.8 Å². The standard InChI is InChI=1S/C9H15NO/c1-4-5-8(10)9(11)6-7(2)3/h1,7-8H,5-6,10H2,2-3H3. The van der Waals surface area contributed by atoms with Gasteiger partial charge in [-0.15, -0.1) is 12.3 Å². The van der Waals surface area contributed by atoms with Gasteiger partial charge in [-0.05, 0) is 5.92 Å². The van der Waals surface area contributed by atoms with Crippen molar-refractivity contribution in [2.45, 2.75) is 32.7 Å². The number of carbonyl (C=O) groups is 1. The van der Waals surface area contributed by atoms with Gasteiger partial charge < -0.3 is 5.73 Å². The minimum atomic E-state index is -0.456. The first-order chi connectivity index (χ1) is 5.07. The van der Waals surface area contributed by atoms with Crippen LogP contribution in [0.5, 0.6) is 0 Å². The first-order valence-electron chi connectivity index (χ1n) is 3.79. The first-order valence-corrected chi connectivity index (χ1v) is 3.79. The van der Waals surface area contributed by atoms with Crippen LogP contribution in [0.3, 0.4) is 0 Å². The van der Waals surface area contributed by atoms with Gasteiger partial charge in [0, 0.05) is 12.8 Å². The van der Waals surface area contributed by atoms with E-state index in [2.05, 4.69) is 5.92 Å². The quantitative estimate of drug-likeness (QED) is 0.611. The van der Waals surface area contributed by atoms with E-state index in [0.29, 0.717) is 18.8 Å². The lowest BCUT2D eigenvalue weighted by Gasteiger charge is -2.08. The Morgan fingerprint density at radius 2 is 2.18 bits per heavy atom. The highest BCUT2D eigenvalue weighted by Crippen LogP contribution is 2.03. The van der Waals surface area contributed by atoms with Crippen molar-refractivity contribution in [3.8, 4) is 12.3 Å². The normalized spacial score (nSPS) is 12.6. The molecule has 0 amide bonds. The molecule has 2 N–H and O–H groups in total. The van der Waals surface area contributed by atoms with E-state index in [1.165, 1.54) is 0 Å². The topological polar surface area (TPSA) is 43.1 Å². The number of hydrogen-bond donors (Lipinski definition) is 1. The van der Waals surface area contributed by atoms with Crippen LogP contribution in [0.2, 0.25) is 0 Å². The summed E-state index contributed by atoms with van der Waals surface area (Å²) in [7, 11) is 0. The number of hydrogen-bond acceptors (Lipinski definition) is 2. The van der Waals surface area contributed by atoms with Gasteiger partial charge in [-0.3, -0.25) is 4.79 Å². The van der Waals surface area contributed by atoms with Crippen LogP contribution in [-0.2, 0) is 4.79 Å². The first kappa shape index (κ1) is 10.2. The molecule has 0 aromatic carbocycles. The SMILES string of the molecule is C#CCC(N)C(=O)CC(C)C. The zero-order valence-corrected chi connectivity index (χ0v) is 7.13. The second-order valence-electron chi connectivity index (χ2n) is 3.08. The predicted molar refractivity (Wildman–Crippen MR) is 45.9 cm³/mol. The van der Waals surface area contributed by atoms with Gasteiger partial charge in [0.15, 0.2) is 5.78 Å². The molecule has 2 heteroatoms. The number of rotatable bonds is 4. The van der Waals surface area contributed by atoms with E-state index in [1.54, 1.807) is 0 Å². The molecule has 1 unspecified atom stereocenters. The van der Waals surface area contributed by atoms with E-state index >= 15 is 0 Å². The number of ketones is 1. The Hall–Kier alpha value is -0.810. The molecule has 0 aliphatic rings. The van der Waals surface area contributed by atoms with Crippen LogP contribution in [0.4, 0.5) is 0 Å². The van der Waals surface area contributed by atoms with Crippen LogP contribution >= 0.6 is 0 Å². The van der Waals surface area contributed by atoms with Crippen molar-refractivity contribution >= 4 is 5.78 Å². The maximum absolute atomic E-state index is 11.1. The molecule has 11 heavy (non-hydrogen) atoms. The summed E-state index contributed by atoms with van der Waals surface area (Å²) in [6.45, 7) is 3.97. The maximum atomic E-state index is 11.1. The summed E-state index contributed by atoms with van der Waals surface area (Å²) in [6.07, 6.45) is 5.90. The van der Waals surface area contributed by atoms with Crippen molar-refractivity contribution in [3.63, 3.8) is 0 Å². The minimum absolute atomic E-state index is 0.0675. The molecule has 0 aromatic heterocycles. The Bertz CT molecular complexity index is 167. The van der Waals surface area contributed by atoms with Crippen molar-refractivity contribution < 1.29 is 4.79 Å². The fraction of sp³-hybridized carbons (Fsp3) is 0.667. The molecule has 0 saturated heterocycles. The number of nitrogens with two attached hydrogens (primary N) is 1. The third-order valence-corrected chi connectivity index (χ3v) is 1.36. The largest absolute Gasteiger partial charge is 0.321 e. The molecule has 0 aliphatic carbocycles. The Labute approximate surface area is 68.2 Å². The summed E-state index contributed by atoms with van der Waals surface area (Å²) in [4.78, 5) is 11.1. The lowest BCUT2D eigenvalue weighted by Crippen LogP contribution is -2.30. The molecule has 0 fully saturated rings. The van der Waals surface area contributed by atoms with Gasteiger partial charge in [0.2, 0.25) is 0 Å². The Kier molecular flexibility index (Phi) is 4.56. The Morgan fingerprint density at radius 3 is 2.55 bits per heavy atom. The molecule has 0 aromatic rings. The van der Waals surface area contributed by atoms with Gasteiger partial charge in [0.25, 0.3) is 0 Å². The second kappa shape index (κ2) is 4.92. The summed E-state index contributed by atoms with van der Waals surface area (Å²) in [6, 6.07) is -0.456. The Balaban J connectivity index is 3.75. The monoisotopic (exact) mass is 153 g/mol. The molecule has 0 saturated carbocycles. The van der Waals surface area contributed by atoms with Gasteiger partial charge in [-0.25, -0.2) is 0 Å². The van der Waals surface area contributed by atoms with Gasteiger partial charge >= 0.3 is 0 Å². The number of carbonyl (C=O) groups excluding carboxylic acids is 1. The van der Waals surface area contributed by atoms with Crippen LogP contribution in [0.1, 0.15) is 26.7 Å². The van der Waals surface area contributed by atoms with Crippen LogP contribution in [0, 0.1) is 18.3 Å². The molecule has 0 radical (unpaired) electrons. The second-order valence-corrected chi connectivity index (χ2v) is 3.08. The predicted octanol–water partition coefficient (Wildman–Crippen LogP) is 0.952. The maximum Gasteiger partial charge on any atom is 0.150 e. The van der Waals surface area contributed by atoms with Crippen molar-refractivity contribution in [2.75, 3.05) is 0 Å². The molecular formula is C9H15NO.